The van der Waals surface area contributed by atoms with Crippen LogP contribution in [0, 0.1) is 11.8 Å². The van der Waals surface area contributed by atoms with Crippen molar-refractivity contribution in [2.75, 3.05) is 13.2 Å². The number of hydrogen-bond donors (Lipinski definition) is 1. The van der Waals surface area contributed by atoms with Gasteiger partial charge in [-0.2, -0.15) is 0 Å². The van der Waals surface area contributed by atoms with Gasteiger partial charge in [0.25, 0.3) is 0 Å². The third-order valence-electron chi connectivity index (χ3n) is 6.25. The van der Waals surface area contributed by atoms with Crippen molar-refractivity contribution in [3.8, 4) is 11.5 Å². The van der Waals surface area contributed by atoms with Crippen LogP contribution in [0.3, 0.4) is 0 Å². The van der Waals surface area contributed by atoms with Gasteiger partial charge in [0.15, 0.2) is 11.5 Å². The minimum atomic E-state index is -1.07. The van der Waals surface area contributed by atoms with E-state index in [9.17, 15) is 19.2 Å². The van der Waals surface area contributed by atoms with Crippen LogP contribution in [0.2, 0.25) is 0 Å². The van der Waals surface area contributed by atoms with E-state index in [1.54, 1.807) is 19.9 Å². The standard InChI is InChI=1S/C31H49NO10/c1-8-9-10-11-28(33)39-22(6)23(7)40-29(34)25(32)18-24-12-13-26(41-30(35)37-16-14-20(2)3)27(19-24)42-31(36)38-17-15-21(4)5/h12-13,19-23,25H,8-11,14-18,32H2,1-7H3/t22?,23-,25-/m0/s1. The lowest BCUT2D eigenvalue weighted by atomic mass is 10.1. The summed E-state index contributed by atoms with van der Waals surface area (Å²) in [4.78, 5) is 49.2. The maximum Gasteiger partial charge on any atom is 0.513 e. The summed E-state index contributed by atoms with van der Waals surface area (Å²) in [6.07, 6.45) is 1.03. The number of ether oxygens (including phenoxy) is 6. The first-order valence-electron chi connectivity index (χ1n) is 14.8. The molecule has 11 nitrogen and oxygen atoms in total. The molecule has 0 amide bonds. The summed E-state index contributed by atoms with van der Waals surface area (Å²) in [5.41, 5.74) is 6.61. The second-order valence-electron chi connectivity index (χ2n) is 11.2. The van der Waals surface area contributed by atoms with E-state index in [-0.39, 0.29) is 37.1 Å². The molecule has 238 valence electrons. The molecular formula is C31H49NO10. The fraction of sp³-hybridized carbons (Fsp3) is 0.677. The first-order valence-corrected chi connectivity index (χ1v) is 14.8. The van der Waals surface area contributed by atoms with Gasteiger partial charge < -0.3 is 34.2 Å². The van der Waals surface area contributed by atoms with Gasteiger partial charge in [0.1, 0.15) is 18.2 Å². The van der Waals surface area contributed by atoms with Crippen molar-refractivity contribution < 1.29 is 47.6 Å². The molecule has 0 aliphatic rings. The van der Waals surface area contributed by atoms with E-state index in [1.165, 1.54) is 12.1 Å². The van der Waals surface area contributed by atoms with E-state index in [4.69, 9.17) is 34.2 Å². The molecule has 1 aromatic carbocycles. The molecule has 1 aromatic rings. The Balaban J connectivity index is 2.87. The fourth-order valence-corrected chi connectivity index (χ4v) is 3.42. The first-order chi connectivity index (χ1) is 19.8. The molecule has 0 fully saturated rings. The third kappa shape index (κ3) is 15.6. The van der Waals surface area contributed by atoms with E-state index in [0.717, 1.165) is 19.3 Å². The number of esters is 2. The summed E-state index contributed by atoms with van der Waals surface area (Å²) in [5.74, 6) is -0.533. The molecule has 3 atom stereocenters. The quantitative estimate of drug-likeness (QED) is 0.0904. The largest absolute Gasteiger partial charge is 0.513 e. The van der Waals surface area contributed by atoms with Crippen molar-refractivity contribution in [1.82, 2.24) is 0 Å². The minimum absolute atomic E-state index is 0.0224. The van der Waals surface area contributed by atoms with Gasteiger partial charge in [-0.15, -0.1) is 0 Å². The number of unbranched alkanes of at least 4 members (excludes halogenated alkanes) is 2. The van der Waals surface area contributed by atoms with Crippen LogP contribution in [0.1, 0.15) is 92.6 Å². The summed E-state index contributed by atoms with van der Waals surface area (Å²) < 4.78 is 31.6. The molecule has 0 bridgehead atoms. The van der Waals surface area contributed by atoms with Gasteiger partial charge in [-0.05, 0) is 69.1 Å². The zero-order chi connectivity index (χ0) is 31.7. The van der Waals surface area contributed by atoms with E-state index < -0.39 is 36.5 Å². The van der Waals surface area contributed by atoms with Gasteiger partial charge in [-0.25, -0.2) is 9.59 Å². The van der Waals surface area contributed by atoms with E-state index in [2.05, 4.69) is 0 Å². The number of hydrogen-bond acceptors (Lipinski definition) is 11. The molecule has 0 radical (unpaired) electrons. The van der Waals surface area contributed by atoms with Crippen LogP contribution in [0.5, 0.6) is 11.5 Å². The van der Waals surface area contributed by atoms with Gasteiger partial charge in [0.05, 0.1) is 13.2 Å². The molecule has 0 saturated heterocycles. The van der Waals surface area contributed by atoms with Crippen LogP contribution in [0.15, 0.2) is 18.2 Å². The Labute approximate surface area is 249 Å². The molecule has 1 unspecified atom stereocenters. The smallest absolute Gasteiger partial charge is 0.459 e. The molecule has 42 heavy (non-hydrogen) atoms. The predicted octanol–water partition coefficient (Wildman–Crippen LogP) is 6.12. The monoisotopic (exact) mass is 595 g/mol. The van der Waals surface area contributed by atoms with E-state index in [0.29, 0.717) is 36.7 Å². The third-order valence-corrected chi connectivity index (χ3v) is 6.25. The zero-order valence-corrected chi connectivity index (χ0v) is 26.1. The molecule has 0 heterocycles. The Morgan fingerprint density at radius 1 is 0.762 bits per heavy atom. The SMILES string of the molecule is CCCCCC(=O)OC(C)[C@H](C)OC(=O)[C@@H](N)Cc1ccc(OC(=O)OCCC(C)C)c(OC(=O)OCCC(C)C)c1. The lowest BCUT2D eigenvalue weighted by Crippen LogP contribution is -2.39. The van der Waals surface area contributed by atoms with Crippen molar-refractivity contribution >= 4 is 24.2 Å². The highest BCUT2D eigenvalue weighted by Crippen LogP contribution is 2.30. The molecule has 2 N–H and O–H groups in total. The second-order valence-corrected chi connectivity index (χ2v) is 11.2. The molecule has 0 aliphatic heterocycles. The van der Waals surface area contributed by atoms with Crippen molar-refractivity contribution in [3.05, 3.63) is 23.8 Å². The second kappa shape index (κ2) is 19.7. The van der Waals surface area contributed by atoms with Crippen LogP contribution in [0.25, 0.3) is 0 Å². The highest BCUT2D eigenvalue weighted by Gasteiger charge is 2.25. The Morgan fingerprint density at radius 2 is 1.31 bits per heavy atom. The summed E-state index contributed by atoms with van der Waals surface area (Å²) in [6.45, 7) is 13.6. The molecule has 0 saturated carbocycles. The van der Waals surface area contributed by atoms with Gasteiger partial charge in [0, 0.05) is 6.42 Å². The van der Waals surface area contributed by atoms with Crippen LogP contribution in [-0.4, -0.2) is 55.7 Å². The van der Waals surface area contributed by atoms with Crippen LogP contribution < -0.4 is 15.2 Å². The highest BCUT2D eigenvalue weighted by molar-refractivity contribution is 5.76. The highest BCUT2D eigenvalue weighted by atomic mass is 16.7. The van der Waals surface area contributed by atoms with E-state index >= 15 is 0 Å². The number of benzene rings is 1. The average Bonchev–Trinajstić information content (AvgIpc) is 2.89. The molecule has 11 heteroatoms. The Hall–Kier alpha value is -3.34. The first kappa shape index (κ1) is 36.7. The molecule has 0 aromatic heterocycles. The van der Waals surface area contributed by atoms with Crippen LogP contribution in [0.4, 0.5) is 9.59 Å². The van der Waals surface area contributed by atoms with Crippen molar-refractivity contribution in [1.29, 1.82) is 0 Å². The Morgan fingerprint density at radius 3 is 1.86 bits per heavy atom. The summed E-state index contributed by atoms with van der Waals surface area (Å²) in [6, 6.07) is 3.35. The van der Waals surface area contributed by atoms with Crippen LogP contribution in [-0.2, 0) is 35.0 Å². The van der Waals surface area contributed by atoms with Gasteiger partial charge in [0.2, 0.25) is 0 Å². The zero-order valence-electron chi connectivity index (χ0n) is 26.1. The minimum Gasteiger partial charge on any atom is -0.459 e. The summed E-state index contributed by atoms with van der Waals surface area (Å²) in [5, 5.41) is 0. The lowest BCUT2D eigenvalue weighted by molar-refractivity contribution is -0.166. The molecular weight excluding hydrogens is 546 g/mol. The van der Waals surface area contributed by atoms with Crippen molar-refractivity contribution in [2.45, 2.75) is 112 Å². The summed E-state index contributed by atoms with van der Waals surface area (Å²) in [7, 11) is 0. The summed E-state index contributed by atoms with van der Waals surface area (Å²) >= 11 is 0. The van der Waals surface area contributed by atoms with Gasteiger partial charge >= 0.3 is 24.2 Å². The van der Waals surface area contributed by atoms with E-state index in [1.807, 2.05) is 34.6 Å². The van der Waals surface area contributed by atoms with Gasteiger partial charge in [-0.1, -0.05) is 53.5 Å². The molecule has 0 aliphatic carbocycles. The van der Waals surface area contributed by atoms with Crippen molar-refractivity contribution in [2.24, 2.45) is 17.6 Å². The predicted molar refractivity (Wildman–Crippen MR) is 156 cm³/mol. The normalized spacial score (nSPS) is 13.2. The molecule has 1 rings (SSSR count). The Kier molecular flexibility index (Phi) is 17.2. The van der Waals surface area contributed by atoms with Gasteiger partial charge in [-0.3, -0.25) is 9.59 Å². The van der Waals surface area contributed by atoms with Crippen LogP contribution >= 0.6 is 0 Å². The fourth-order valence-electron chi connectivity index (χ4n) is 3.42. The number of carbonyl (C=O) groups excluding carboxylic acids is 4. The number of carbonyl (C=O) groups is 4. The Bertz CT molecular complexity index is 994. The topological polar surface area (TPSA) is 150 Å². The molecule has 0 spiro atoms. The average molecular weight is 596 g/mol. The number of nitrogens with two attached hydrogens (primary N) is 1. The number of rotatable bonds is 18. The lowest BCUT2D eigenvalue weighted by Gasteiger charge is -2.22. The maximum absolute atomic E-state index is 12.7. The maximum atomic E-state index is 12.7. The van der Waals surface area contributed by atoms with Crippen molar-refractivity contribution in [3.63, 3.8) is 0 Å².